The fourth-order valence-corrected chi connectivity index (χ4v) is 3.12. The minimum atomic E-state index is 0.475. The van der Waals surface area contributed by atoms with E-state index < -0.39 is 0 Å². The molecule has 0 amide bonds. The molecular weight excluding hydrogens is 224 g/mol. The van der Waals surface area contributed by atoms with Gasteiger partial charge in [0.05, 0.1) is 6.04 Å². The van der Waals surface area contributed by atoms with E-state index in [2.05, 4.69) is 23.9 Å². The van der Waals surface area contributed by atoms with Crippen molar-refractivity contribution in [2.75, 3.05) is 27.2 Å². The third kappa shape index (κ3) is 3.61. The highest BCUT2D eigenvalue weighted by atomic mass is 15.3. The first-order valence-corrected chi connectivity index (χ1v) is 7.41. The van der Waals surface area contributed by atoms with Crippen LogP contribution >= 0.6 is 0 Å². The summed E-state index contributed by atoms with van der Waals surface area (Å²) in [5, 5.41) is 0. The third-order valence-electron chi connectivity index (χ3n) is 4.44. The minimum Gasteiger partial charge on any atom is -0.370 e. The molecule has 1 unspecified atom stereocenters. The lowest BCUT2D eigenvalue weighted by atomic mass is 9.96. The molecule has 2 rings (SSSR count). The molecule has 18 heavy (non-hydrogen) atoms. The molecule has 0 bridgehead atoms. The molecule has 0 aromatic heterocycles. The van der Waals surface area contributed by atoms with Crippen LogP contribution in [0.15, 0.2) is 4.99 Å². The molecule has 0 radical (unpaired) electrons. The van der Waals surface area contributed by atoms with Gasteiger partial charge in [-0.3, -0.25) is 0 Å². The van der Waals surface area contributed by atoms with Crippen molar-refractivity contribution in [3.05, 3.63) is 0 Å². The molecule has 2 N–H and O–H groups in total. The molecule has 1 saturated carbocycles. The highest BCUT2D eigenvalue weighted by Crippen LogP contribution is 2.20. The number of likely N-dealkylation sites (tertiary alicyclic amines) is 1. The van der Waals surface area contributed by atoms with Gasteiger partial charge < -0.3 is 15.5 Å². The van der Waals surface area contributed by atoms with Crippen LogP contribution < -0.4 is 5.73 Å². The molecular formula is C14H28N4. The van der Waals surface area contributed by atoms with Crippen molar-refractivity contribution in [2.24, 2.45) is 10.7 Å². The lowest BCUT2D eigenvalue weighted by Crippen LogP contribution is -2.43. The molecule has 0 spiro atoms. The van der Waals surface area contributed by atoms with Gasteiger partial charge in [0, 0.05) is 19.6 Å². The topological polar surface area (TPSA) is 44.9 Å². The van der Waals surface area contributed by atoms with Crippen molar-refractivity contribution in [3.63, 3.8) is 0 Å². The first-order valence-electron chi connectivity index (χ1n) is 7.41. The molecule has 1 aliphatic heterocycles. The maximum atomic E-state index is 6.13. The summed E-state index contributed by atoms with van der Waals surface area (Å²) in [6, 6.07) is 1.12. The number of hydrogen-bond donors (Lipinski definition) is 1. The Morgan fingerprint density at radius 3 is 2.56 bits per heavy atom. The maximum absolute atomic E-state index is 6.13. The Balaban J connectivity index is 1.83. The van der Waals surface area contributed by atoms with Gasteiger partial charge in [0.15, 0.2) is 5.96 Å². The summed E-state index contributed by atoms with van der Waals surface area (Å²) < 4.78 is 0. The molecule has 1 heterocycles. The van der Waals surface area contributed by atoms with Gasteiger partial charge in [0.25, 0.3) is 0 Å². The van der Waals surface area contributed by atoms with E-state index in [1.807, 2.05) is 0 Å². The van der Waals surface area contributed by atoms with Gasteiger partial charge in [-0.25, -0.2) is 4.99 Å². The van der Waals surface area contributed by atoms with Crippen LogP contribution in [0.2, 0.25) is 0 Å². The van der Waals surface area contributed by atoms with Crippen LogP contribution in [-0.4, -0.2) is 55.0 Å². The Hall–Kier alpha value is -0.770. The van der Waals surface area contributed by atoms with E-state index in [4.69, 9.17) is 10.7 Å². The van der Waals surface area contributed by atoms with Gasteiger partial charge in [-0.15, -0.1) is 0 Å². The van der Waals surface area contributed by atoms with Gasteiger partial charge in [-0.1, -0.05) is 19.3 Å². The van der Waals surface area contributed by atoms with E-state index in [-0.39, 0.29) is 0 Å². The van der Waals surface area contributed by atoms with E-state index in [1.165, 1.54) is 51.5 Å². The number of guanidine groups is 1. The Kier molecular flexibility index (Phi) is 4.87. The molecule has 1 saturated heterocycles. The zero-order chi connectivity index (χ0) is 13.0. The van der Waals surface area contributed by atoms with E-state index in [0.29, 0.717) is 12.1 Å². The molecule has 1 atom stereocenters. The van der Waals surface area contributed by atoms with Crippen molar-refractivity contribution in [1.29, 1.82) is 0 Å². The van der Waals surface area contributed by atoms with Crippen molar-refractivity contribution >= 4 is 5.96 Å². The quantitative estimate of drug-likeness (QED) is 0.614. The van der Waals surface area contributed by atoms with Gasteiger partial charge in [-0.05, 0) is 39.3 Å². The highest BCUT2D eigenvalue weighted by molar-refractivity contribution is 5.78. The average molecular weight is 252 g/mol. The van der Waals surface area contributed by atoms with E-state index in [0.717, 1.165) is 12.5 Å². The molecule has 1 aliphatic carbocycles. The van der Waals surface area contributed by atoms with Crippen LogP contribution in [0, 0.1) is 0 Å². The molecule has 0 aromatic rings. The normalized spacial score (nSPS) is 27.7. The van der Waals surface area contributed by atoms with Crippen LogP contribution in [0.25, 0.3) is 0 Å². The SMILES string of the molecule is CN(CC1CCCN1C)C(N)=NC1CCCCC1. The average Bonchev–Trinajstić information content (AvgIpc) is 2.76. The van der Waals surface area contributed by atoms with Crippen LogP contribution in [-0.2, 0) is 0 Å². The Morgan fingerprint density at radius 2 is 1.94 bits per heavy atom. The fourth-order valence-electron chi connectivity index (χ4n) is 3.12. The smallest absolute Gasteiger partial charge is 0.191 e. The number of hydrogen-bond acceptors (Lipinski definition) is 2. The van der Waals surface area contributed by atoms with Gasteiger partial charge in [0.2, 0.25) is 0 Å². The lowest BCUT2D eigenvalue weighted by molar-refractivity contribution is 0.266. The van der Waals surface area contributed by atoms with Crippen molar-refractivity contribution in [3.8, 4) is 0 Å². The summed E-state index contributed by atoms with van der Waals surface area (Å²) in [6.07, 6.45) is 9.05. The predicted octanol–water partition coefficient (Wildman–Crippen LogP) is 1.66. The number of nitrogens with zero attached hydrogens (tertiary/aromatic N) is 3. The minimum absolute atomic E-state index is 0.475. The zero-order valence-electron chi connectivity index (χ0n) is 11.9. The van der Waals surface area contributed by atoms with Crippen molar-refractivity contribution in [1.82, 2.24) is 9.80 Å². The number of likely N-dealkylation sites (N-methyl/N-ethyl adjacent to an activating group) is 2. The molecule has 4 nitrogen and oxygen atoms in total. The molecule has 2 aliphatic rings. The highest BCUT2D eigenvalue weighted by Gasteiger charge is 2.23. The molecule has 0 aromatic carbocycles. The molecule has 4 heteroatoms. The first kappa shape index (κ1) is 13.7. The molecule has 104 valence electrons. The predicted molar refractivity (Wildman–Crippen MR) is 76.8 cm³/mol. The van der Waals surface area contributed by atoms with E-state index in [1.54, 1.807) is 0 Å². The summed E-state index contributed by atoms with van der Waals surface area (Å²) in [5.74, 6) is 0.738. The summed E-state index contributed by atoms with van der Waals surface area (Å²) in [7, 11) is 4.29. The number of rotatable bonds is 3. The second-order valence-corrected chi connectivity index (χ2v) is 5.94. The summed E-state index contributed by atoms with van der Waals surface area (Å²) in [6.45, 7) is 2.23. The van der Waals surface area contributed by atoms with E-state index >= 15 is 0 Å². The van der Waals surface area contributed by atoms with Crippen LogP contribution in [0.1, 0.15) is 44.9 Å². The van der Waals surface area contributed by atoms with Gasteiger partial charge in [-0.2, -0.15) is 0 Å². The summed E-state index contributed by atoms with van der Waals surface area (Å²) >= 11 is 0. The Morgan fingerprint density at radius 1 is 1.22 bits per heavy atom. The van der Waals surface area contributed by atoms with Crippen LogP contribution in [0.3, 0.4) is 0 Å². The van der Waals surface area contributed by atoms with Gasteiger partial charge in [0.1, 0.15) is 0 Å². The Labute approximate surface area is 111 Å². The third-order valence-corrected chi connectivity index (χ3v) is 4.44. The largest absolute Gasteiger partial charge is 0.370 e. The number of aliphatic imine (C=N–C) groups is 1. The second-order valence-electron chi connectivity index (χ2n) is 5.94. The first-order chi connectivity index (χ1) is 8.66. The lowest BCUT2D eigenvalue weighted by Gasteiger charge is -2.27. The monoisotopic (exact) mass is 252 g/mol. The van der Waals surface area contributed by atoms with Crippen LogP contribution in [0.4, 0.5) is 0 Å². The van der Waals surface area contributed by atoms with Crippen molar-refractivity contribution < 1.29 is 0 Å². The fraction of sp³-hybridized carbons (Fsp3) is 0.929. The van der Waals surface area contributed by atoms with Crippen LogP contribution in [0.5, 0.6) is 0 Å². The van der Waals surface area contributed by atoms with Gasteiger partial charge >= 0.3 is 0 Å². The maximum Gasteiger partial charge on any atom is 0.191 e. The standard InChI is InChI=1S/C14H28N4/c1-17-10-6-9-13(17)11-18(2)14(15)16-12-7-4-3-5-8-12/h12-13H,3-11H2,1-2H3,(H2,15,16). The number of nitrogens with two attached hydrogens (primary N) is 1. The summed E-state index contributed by atoms with van der Waals surface area (Å²) in [5.41, 5.74) is 6.13. The molecule has 2 fully saturated rings. The second kappa shape index (κ2) is 6.41. The summed E-state index contributed by atoms with van der Waals surface area (Å²) in [4.78, 5) is 9.28. The Bertz CT molecular complexity index is 284. The van der Waals surface area contributed by atoms with Crippen molar-refractivity contribution in [2.45, 2.75) is 57.0 Å². The van der Waals surface area contributed by atoms with E-state index in [9.17, 15) is 0 Å². The zero-order valence-corrected chi connectivity index (χ0v) is 11.9.